The molecule has 3 saturated carbocycles. The number of fused-ring (bicyclic) bond motifs is 7. The van der Waals surface area contributed by atoms with Crippen molar-refractivity contribution in [2.75, 3.05) is 0 Å². The van der Waals surface area contributed by atoms with Gasteiger partial charge in [-0.3, -0.25) is 0 Å². The molecule has 144 valence electrons. The zero-order valence-corrected chi connectivity index (χ0v) is 17.5. The summed E-state index contributed by atoms with van der Waals surface area (Å²) in [5.74, 6) is 2.51. The fourth-order valence-corrected chi connectivity index (χ4v) is 8.05. The topological polar surface area (TPSA) is 0 Å². The van der Waals surface area contributed by atoms with Gasteiger partial charge >= 0.3 is 0 Å². The molecule has 0 heterocycles. The van der Waals surface area contributed by atoms with Crippen molar-refractivity contribution >= 4 is 11.6 Å². The Morgan fingerprint density at radius 1 is 0.759 bits per heavy atom. The molecule has 0 amide bonds. The van der Waals surface area contributed by atoms with E-state index in [9.17, 15) is 0 Å². The molecule has 0 N–H and O–H groups in total. The van der Waals surface area contributed by atoms with Crippen LogP contribution in [0.25, 0.3) is 22.3 Å². The maximum atomic E-state index is 6.15. The van der Waals surface area contributed by atoms with Crippen LogP contribution in [0.1, 0.15) is 43.7 Å². The van der Waals surface area contributed by atoms with Gasteiger partial charge in [0.25, 0.3) is 0 Å². The number of hydrogen-bond donors (Lipinski definition) is 0. The Morgan fingerprint density at radius 3 is 2.34 bits per heavy atom. The Morgan fingerprint density at radius 2 is 1.48 bits per heavy atom. The number of hydrogen-bond acceptors (Lipinski definition) is 0. The Balaban J connectivity index is 1.48. The smallest absolute Gasteiger partial charge is 0.0406 e. The third kappa shape index (κ3) is 1.97. The molecular formula is C28H25Cl. The first-order valence-corrected chi connectivity index (χ1v) is 11.5. The molecule has 4 aliphatic carbocycles. The first-order valence-electron chi connectivity index (χ1n) is 11.1. The van der Waals surface area contributed by atoms with Gasteiger partial charge in [0.15, 0.2) is 0 Å². The molecule has 3 aromatic rings. The number of benzene rings is 3. The average Bonchev–Trinajstić information content (AvgIpc) is 3.15. The molecule has 0 aromatic heterocycles. The Kier molecular flexibility index (Phi) is 3.08. The highest BCUT2D eigenvalue weighted by atomic mass is 35.5. The highest BCUT2D eigenvalue weighted by Gasteiger charge is 2.70. The van der Waals surface area contributed by atoms with Gasteiger partial charge < -0.3 is 0 Å². The van der Waals surface area contributed by atoms with Crippen LogP contribution in [0.15, 0.2) is 66.7 Å². The first-order chi connectivity index (χ1) is 14.1. The van der Waals surface area contributed by atoms with Gasteiger partial charge in [-0.2, -0.15) is 0 Å². The molecule has 4 aliphatic rings. The summed E-state index contributed by atoms with van der Waals surface area (Å²) >= 11 is 6.15. The molecule has 0 saturated heterocycles. The summed E-state index contributed by atoms with van der Waals surface area (Å²) < 4.78 is 0. The minimum atomic E-state index is 0.201. The number of rotatable bonds is 1. The maximum absolute atomic E-state index is 6.15. The van der Waals surface area contributed by atoms with Gasteiger partial charge in [0.2, 0.25) is 0 Å². The van der Waals surface area contributed by atoms with Gasteiger partial charge in [-0.15, -0.1) is 0 Å². The first kappa shape index (κ1) is 16.7. The molecule has 5 unspecified atom stereocenters. The monoisotopic (exact) mass is 396 g/mol. The van der Waals surface area contributed by atoms with Crippen LogP contribution in [0.3, 0.4) is 0 Å². The van der Waals surface area contributed by atoms with Crippen LogP contribution in [0.5, 0.6) is 0 Å². The van der Waals surface area contributed by atoms with Gasteiger partial charge in [-0.25, -0.2) is 0 Å². The average molecular weight is 397 g/mol. The molecule has 0 radical (unpaired) electrons. The fourth-order valence-electron chi connectivity index (χ4n) is 7.92. The summed E-state index contributed by atoms with van der Waals surface area (Å²) in [7, 11) is 0. The van der Waals surface area contributed by atoms with Crippen molar-refractivity contribution in [3.8, 4) is 22.3 Å². The maximum Gasteiger partial charge on any atom is 0.0406 e. The summed E-state index contributed by atoms with van der Waals surface area (Å²) in [4.78, 5) is 0. The van der Waals surface area contributed by atoms with Crippen LogP contribution in [-0.2, 0) is 5.41 Å². The summed E-state index contributed by atoms with van der Waals surface area (Å²) in [5.41, 5.74) is 9.65. The second kappa shape index (κ2) is 5.35. The van der Waals surface area contributed by atoms with Gasteiger partial charge in [-0.1, -0.05) is 67.1 Å². The highest BCUT2D eigenvalue weighted by Crippen LogP contribution is 2.78. The lowest BCUT2D eigenvalue weighted by Crippen LogP contribution is -2.44. The van der Waals surface area contributed by atoms with E-state index in [1.807, 2.05) is 12.1 Å². The molecular weight excluding hydrogens is 372 g/mol. The highest BCUT2D eigenvalue weighted by molar-refractivity contribution is 6.30. The summed E-state index contributed by atoms with van der Waals surface area (Å²) in [6.45, 7) is 2.55. The standard InChI is InChI=1S/C28H25Cl/c1-17-14-27-15-20(27)13-21(16-27)28(17)25-5-3-2-4-23(25)24-11-8-19(12-26(24)28)18-6-9-22(29)10-7-18/h2-12,17,20-21H,13-16H2,1H3. The van der Waals surface area contributed by atoms with Crippen LogP contribution >= 0.6 is 11.6 Å². The minimum Gasteiger partial charge on any atom is -0.0843 e. The van der Waals surface area contributed by atoms with Crippen LogP contribution in [0, 0.1) is 23.2 Å². The normalized spacial score (nSPS) is 35.3. The molecule has 1 heteroatoms. The minimum absolute atomic E-state index is 0.201. The van der Waals surface area contributed by atoms with Crippen LogP contribution < -0.4 is 0 Å². The quantitative estimate of drug-likeness (QED) is 0.394. The predicted octanol–water partition coefficient (Wildman–Crippen LogP) is 7.73. The lowest BCUT2D eigenvalue weighted by molar-refractivity contribution is 0.130. The van der Waals surface area contributed by atoms with Gasteiger partial charge in [-0.05, 0) is 100 Å². The lowest BCUT2D eigenvalue weighted by atomic mass is 9.54. The van der Waals surface area contributed by atoms with E-state index in [4.69, 9.17) is 11.6 Å². The van der Waals surface area contributed by atoms with Crippen molar-refractivity contribution in [2.24, 2.45) is 23.2 Å². The van der Waals surface area contributed by atoms with Gasteiger partial charge in [0, 0.05) is 10.4 Å². The second-order valence-electron chi connectivity index (χ2n) is 10.2. The largest absolute Gasteiger partial charge is 0.0843 e. The van der Waals surface area contributed by atoms with E-state index in [1.165, 1.54) is 47.9 Å². The van der Waals surface area contributed by atoms with E-state index >= 15 is 0 Å². The van der Waals surface area contributed by atoms with Gasteiger partial charge in [0.1, 0.15) is 0 Å². The molecule has 2 spiro atoms. The van der Waals surface area contributed by atoms with Crippen molar-refractivity contribution in [1.29, 1.82) is 0 Å². The molecule has 7 rings (SSSR count). The Labute approximate surface area is 177 Å². The van der Waals surface area contributed by atoms with Crippen LogP contribution in [0.4, 0.5) is 0 Å². The SMILES string of the molecule is CC1CC23CC2CC(C3)C12c1ccccc1-c1ccc(-c3ccc(Cl)cc3)cc12. The van der Waals surface area contributed by atoms with Crippen LogP contribution in [0.2, 0.25) is 5.02 Å². The fraction of sp³-hybridized carbons (Fsp3) is 0.357. The molecule has 3 aromatic carbocycles. The predicted molar refractivity (Wildman–Crippen MR) is 120 cm³/mol. The second-order valence-corrected chi connectivity index (χ2v) is 10.6. The van der Waals surface area contributed by atoms with Crippen molar-refractivity contribution in [3.63, 3.8) is 0 Å². The van der Waals surface area contributed by atoms with E-state index in [1.54, 1.807) is 11.1 Å². The van der Waals surface area contributed by atoms with E-state index in [0.29, 0.717) is 11.3 Å². The zero-order valence-electron chi connectivity index (χ0n) is 16.8. The molecule has 5 atom stereocenters. The summed E-state index contributed by atoms with van der Waals surface area (Å²) in [5, 5.41) is 0.801. The van der Waals surface area contributed by atoms with E-state index in [0.717, 1.165) is 16.9 Å². The van der Waals surface area contributed by atoms with Crippen molar-refractivity contribution in [2.45, 2.75) is 38.0 Å². The van der Waals surface area contributed by atoms with Crippen molar-refractivity contribution in [1.82, 2.24) is 0 Å². The van der Waals surface area contributed by atoms with E-state index in [-0.39, 0.29) is 5.41 Å². The summed E-state index contributed by atoms with van der Waals surface area (Å²) in [6, 6.07) is 24.8. The molecule has 3 fully saturated rings. The summed E-state index contributed by atoms with van der Waals surface area (Å²) in [6.07, 6.45) is 5.79. The van der Waals surface area contributed by atoms with Crippen molar-refractivity contribution < 1.29 is 0 Å². The van der Waals surface area contributed by atoms with Crippen LogP contribution in [-0.4, -0.2) is 0 Å². The van der Waals surface area contributed by atoms with E-state index < -0.39 is 0 Å². The lowest BCUT2D eigenvalue weighted by Gasteiger charge is -2.48. The Bertz CT molecular complexity index is 1160. The van der Waals surface area contributed by atoms with E-state index in [2.05, 4.69) is 61.5 Å². The zero-order chi connectivity index (χ0) is 19.4. The number of halogens is 1. The Hall–Kier alpha value is -2.05. The third-order valence-electron chi connectivity index (χ3n) is 9.02. The molecule has 0 nitrogen and oxygen atoms in total. The molecule has 2 bridgehead atoms. The van der Waals surface area contributed by atoms with Crippen molar-refractivity contribution in [3.05, 3.63) is 82.9 Å². The third-order valence-corrected chi connectivity index (χ3v) is 9.27. The molecule has 29 heavy (non-hydrogen) atoms. The van der Waals surface area contributed by atoms with Gasteiger partial charge in [0.05, 0.1) is 0 Å². The molecule has 0 aliphatic heterocycles.